The van der Waals surface area contributed by atoms with Crippen molar-refractivity contribution in [2.45, 2.75) is 57.5 Å². The molecule has 0 saturated carbocycles. The molecule has 29 heavy (non-hydrogen) atoms. The Balaban J connectivity index is 1.52. The molecule has 1 unspecified atom stereocenters. The van der Waals surface area contributed by atoms with Crippen LogP contribution in [0.4, 0.5) is 0 Å². The Morgan fingerprint density at radius 2 is 1.97 bits per heavy atom. The second kappa shape index (κ2) is 7.75. The van der Waals surface area contributed by atoms with E-state index in [4.69, 9.17) is 4.98 Å². The summed E-state index contributed by atoms with van der Waals surface area (Å²) >= 11 is 1.67. The minimum atomic E-state index is 0.0308. The molecule has 4 heterocycles. The summed E-state index contributed by atoms with van der Waals surface area (Å²) in [5, 5.41) is 4.82. The third-order valence-electron chi connectivity index (χ3n) is 6.26. The van der Waals surface area contributed by atoms with Gasteiger partial charge in [0.1, 0.15) is 5.82 Å². The van der Waals surface area contributed by atoms with Crippen LogP contribution in [0.2, 0.25) is 0 Å². The highest BCUT2D eigenvalue weighted by atomic mass is 32.1. The predicted molar refractivity (Wildman–Crippen MR) is 116 cm³/mol. The number of aromatic nitrogens is 2. The lowest BCUT2D eigenvalue weighted by Gasteiger charge is -2.24. The highest BCUT2D eigenvalue weighted by Gasteiger charge is 2.31. The summed E-state index contributed by atoms with van der Waals surface area (Å²) in [6.45, 7) is 1.52. The largest absolute Gasteiger partial charge is 0.332 e. The van der Waals surface area contributed by atoms with Crippen molar-refractivity contribution < 1.29 is 4.79 Å². The molecular weight excluding hydrogens is 382 g/mol. The van der Waals surface area contributed by atoms with E-state index >= 15 is 0 Å². The predicted octanol–water partition coefficient (Wildman–Crippen LogP) is 4.55. The molecule has 5 nitrogen and oxygen atoms in total. The van der Waals surface area contributed by atoms with Crippen LogP contribution in [-0.2, 0) is 13.0 Å². The number of rotatable bonds is 2. The fourth-order valence-electron chi connectivity index (χ4n) is 4.71. The molecule has 0 radical (unpaired) electrons. The third-order valence-corrected chi connectivity index (χ3v) is 6.96. The molecule has 1 saturated heterocycles. The molecule has 150 valence electrons. The zero-order valence-corrected chi connectivity index (χ0v) is 17.3. The fraction of sp³-hybridized carbons (Fsp3) is 0.435. The van der Waals surface area contributed by atoms with Crippen molar-refractivity contribution in [2.24, 2.45) is 0 Å². The van der Waals surface area contributed by atoms with Gasteiger partial charge in [-0.25, -0.2) is 4.98 Å². The number of hydrogen-bond donors (Lipinski definition) is 0. The van der Waals surface area contributed by atoms with Crippen LogP contribution in [0.3, 0.4) is 0 Å². The van der Waals surface area contributed by atoms with E-state index in [-0.39, 0.29) is 17.5 Å². The van der Waals surface area contributed by atoms with Crippen molar-refractivity contribution in [3.05, 3.63) is 62.3 Å². The molecule has 2 aliphatic rings. The molecule has 2 aromatic heterocycles. The van der Waals surface area contributed by atoms with Gasteiger partial charge in [0.2, 0.25) is 0 Å². The Bertz CT molecular complexity index is 1100. The van der Waals surface area contributed by atoms with Crippen LogP contribution in [0.5, 0.6) is 0 Å². The average Bonchev–Trinajstić information content (AvgIpc) is 3.40. The highest BCUT2D eigenvalue weighted by molar-refractivity contribution is 7.08. The second-order valence-corrected chi connectivity index (χ2v) is 8.87. The Morgan fingerprint density at radius 3 is 2.83 bits per heavy atom. The van der Waals surface area contributed by atoms with Crippen molar-refractivity contribution in [1.82, 2.24) is 14.5 Å². The summed E-state index contributed by atoms with van der Waals surface area (Å²) in [6.07, 6.45) is 7.29. The van der Waals surface area contributed by atoms with Gasteiger partial charge in [0, 0.05) is 25.1 Å². The summed E-state index contributed by atoms with van der Waals surface area (Å²) in [5.41, 5.74) is 2.53. The number of likely N-dealkylation sites (tertiary alicyclic amines) is 1. The third kappa shape index (κ3) is 3.39. The summed E-state index contributed by atoms with van der Waals surface area (Å²) in [4.78, 5) is 33.1. The first-order valence-electron chi connectivity index (χ1n) is 10.6. The SMILES string of the molecule is O=C(c1ccc2c(=O)n3c(nc2c1)CCCCCC3)N1CCCC1c1ccsc1. The zero-order chi connectivity index (χ0) is 19.8. The molecule has 0 bridgehead atoms. The summed E-state index contributed by atoms with van der Waals surface area (Å²) < 4.78 is 1.84. The van der Waals surface area contributed by atoms with Crippen LogP contribution in [0.25, 0.3) is 10.9 Å². The lowest BCUT2D eigenvalue weighted by Crippen LogP contribution is -2.30. The molecular formula is C23H25N3O2S. The minimum absolute atomic E-state index is 0.0308. The smallest absolute Gasteiger partial charge is 0.261 e. The molecule has 0 spiro atoms. The molecule has 1 amide bonds. The van der Waals surface area contributed by atoms with Gasteiger partial charge in [-0.3, -0.25) is 14.2 Å². The number of fused-ring (bicyclic) bond motifs is 2. The Hall–Kier alpha value is -2.47. The molecule has 1 atom stereocenters. The number of carbonyl (C=O) groups is 1. The van der Waals surface area contributed by atoms with Gasteiger partial charge in [0.05, 0.1) is 16.9 Å². The van der Waals surface area contributed by atoms with Crippen LogP contribution < -0.4 is 5.56 Å². The first-order valence-corrected chi connectivity index (χ1v) is 11.5. The number of amides is 1. The molecule has 2 aliphatic heterocycles. The van der Waals surface area contributed by atoms with Crippen molar-refractivity contribution in [1.29, 1.82) is 0 Å². The van der Waals surface area contributed by atoms with Gasteiger partial charge >= 0.3 is 0 Å². The van der Waals surface area contributed by atoms with E-state index in [1.54, 1.807) is 23.5 Å². The monoisotopic (exact) mass is 407 g/mol. The van der Waals surface area contributed by atoms with Gasteiger partial charge in [-0.05, 0) is 66.3 Å². The van der Waals surface area contributed by atoms with Crippen LogP contribution in [0.15, 0.2) is 39.8 Å². The fourth-order valence-corrected chi connectivity index (χ4v) is 5.42. The summed E-state index contributed by atoms with van der Waals surface area (Å²) in [6, 6.07) is 7.68. The van der Waals surface area contributed by atoms with Crippen molar-refractivity contribution in [3.8, 4) is 0 Å². The molecule has 5 rings (SSSR count). The molecule has 0 aliphatic carbocycles. The average molecular weight is 408 g/mol. The topological polar surface area (TPSA) is 55.2 Å². The number of hydrogen-bond acceptors (Lipinski definition) is 4. The highest BCUT2D eigenvalue weighted by Crippen LogP contribution is 2.34. The van der Waals surface area contributed by atoms with Crippen molar-refractivity contribution >= 4 is 28.1 Å². The van der Waals surface area contributed by atoms with Crippen LogP contribution in [0.1, 0.15) is 66.3 Å². The number of thiophene rings is 1. The standard InChI is InChI=1S/C23H25N3O2S/c27-22(25-12-5-6-20(25)17-10-13-29-15-17)16-8-9-18-19(14-16)24-21-7-3-1-2-4-11-26(21)23(18)28/h8-10,13-15,20H,1-7,11-12H2. The van der Waals surface area contributed by atoms with Gasteiger partial charge < -0.3 is 4.90 Å². The van der Waals surface area contributed by atoms with Gasteiger partial charge in [-0.1, -0.05) is 12.8 Å². The molecule has 3 aromatic rings. The maximum atomic E-state index is 13.3. The summed E-state index contributed by atoms with van der Waals surface area (Å²) in [7, 11) is 0. The van der Waals surface area contributed by atoms with Gasteiger partial charge in [0.15, 0.2) is 0 Å². The number of benzene rings is 1. The number of aryl methyl sites for hydroxylation is 1. The molecule has 0 N–H and O–H groups in total. The lowest BCUT2D eigenvalue weighted by molar-refractivity contribution is 0.0736. The normalized spacial score (nSPS) is 19.7. The van der Waals surface area contributed by atoms with Crippen LogP contribution in [0, 0.1) is 0 Å². The van der Waals surface area contributed by atoms with Gasteiger partial charge in [-0.2, -0.15) is 11.3 Å². The van der Waals surface area contributed by atoms with E-state index in [2.05, 4.69) is 16.8 Å². The Morgan fingerprint density at radius 1 is 1.07 bits per heavy atom. The number of carbonyl (C=O) groups excluding carboxylic acids is 1. The van der Waals surface area contributed by atoms with Crippen molar-refractivity contribution in [2.75, 3.05) is 6.54 Å². The maximum Gasteiger partial charge on any atom is 0.261 e. The first kappa shape index (κ1) is 18.6. The zero-order valence-electron chi connectivity index (χ0n) is 16.5. The van der Waals surface area contributed by atoms with Gasteiger partial charge in [0.25, 0.3) is 11.5 Å². The van der Waals surface area contributed by atoms with E-state index in [1.165, 1.54) is 18.4 Å². The maximum absolute atomic E-state index is 13.3. The van der Waals surface area contributed by atoms with Gasteiger partial charge in [-0.15, -0.1) is 0 Å². The van der Waals surface area contributed by atoms with E-state index in [0.29, 0.717) is 16.5 Å². The summed E-state index contributed by atoms with van der Waals surface area (Å²) in [5.74, 6) is 0.901. The molecule has 6 heteroatoms. The van der Waals surface area contributed by atoms with Crippen molar-refractivity contribution in [3.63, 3.8) is 0 Å². The lowest BCUT2D eigenvalue weighted by atomic mass is 10.1. The minimum Gasteiger partial charge on any atom is -0.332 e. The van der Waals surface area contributed by atoms with E-state index in [0.717, 1.165) is 51.0 Å². The van der Waals surface area contributed by atoms with E-state index in [9.17, 15) is 9.59 Å². The first-order chi connectivity index (χ1) is 14.2. The Labute approximate surface area is 174 Å². The van der Waals surface area contributed by atoms with E-state index < -0.39 is 0 Å². The molecule has 1 fully saturated rings. The van der Waals surface area contributed by atoms with Crippen LogP contribution >= 0.6 is 11.3 Å². The van der Waals surface area contributed by atoms with E-state index in [1.807, 2.05) is 15.5 Å². The number of nitrogens with zero attached hydrogens (tertiary/aromatic N) is 3. The second-order valence-electron chi connectivity index (χ2n) is 8.09. The quantitative estimate of drug-likeness (QED) is 0.626. The van der Waals surface area contributed by atoms with Crippen LogP contribution in [-0.4, -0.2) is 26.9 Å². The molecule has 1 aromatic carbocycles. The Kier molecular flexibility index (Phi) is 4.96.